The molecule has 0 aliphatic heterocycles. The molecular weight excluding hydrogens is 664 g/mol. The number of nitrogens with one attached hydrogen (secondary N) is 2. The first-order valence-electron chi connectivity index (χ1n) is 17.6. The van der Waals surface area contributed by atoms with Gasteiger partial charge in [-0.1, -0.05) is 50.7 Å². The van der Waals surface area contributed by atoms with E-state index in [-0.39, 0.29) is 76.9 Å². The summed E-state index contributed by atoms with van der Waals surface area (Å²) in [7, 11) is -3.00. The van der Waals surface area contributed by atoms with E-state index in [1.54, 1.807) is 0 Å². The molecule has 5 rings (SSSR count). The molecule has 0 bridgehead atoms. The number of carbonyl (C=O) groups excluding carboxylic acids is 2. The summed E-state index contributed by atoms with van der Waals surface area (Å²) in [6.45, 7) is 10.2. The number of carbonyl (C=O) groups is 2. The Morgan fingerprint density at radius 1 is 1.20 bits per heavy atom. The molecule has 1 aromatic carbocycles. The van der Waals surface area contributed by atoms with Crippen molar-refractivity contribution in [2.75, 3.05) is 13.7 Å². The minimum absolute atomic E-state index is 0.0103. The van der Waals surface area contributed by atoms with E-state index in [0.29, 0.717) is 32.1 Å². The Labute approximate surface area is 293 Å². The monoisotopic (exact) mass is 714 g/mol. The van der Waals surface area contributed by atoms with Crippen molar-refractivity contribution >= 4 is 27.8 Å². The fourth-order valence-electron chi connectivity index (χ4n) is 10.8. The zero-order valence-electron chi connectivity index (χ0n) is 29.3. The highest BCUT2D eigenvalue weighted by molar-refractivity contribution is 7.89. The van der Waals surface area contributed by atoms with Crippen LogP contribution in [0.2, 0.25) is 0 Å². The van der Waals surface area contributed by atoms with Crippen LogP contribution in [0.4, 0.5) is 10.5 Å². The van der Waals surface area contributed by atoms with Crippen LogP contribution < -0.4 is 10.0 Å². The van der Waals surface area contributed by atoms with Gasteiger partial charge >= 0.3 is 12.1 Å². The lowest BCUT2D eigenvalue weighted by Gasteiger charge is -2.65. The van der Waals surface area contributed by atoms with Gasteiger partial charge in [0.25, 0.3) is 5.69 Å². The topological polar surface area (TPSA) is 203 Å². The summed E-state index contributed by atoms with van der Waals surface area (Å²) >= 11 is 0. The fraction of sp³-hybridized carbons (Fsp3) is 0.714. The summed E-state index contributed by atoms with van der Waals surface area (Å²) in [4.78, 5) is 39.3. The van der Waals surface area contributed by atoms with Gasteiger partial charge in [0.1, 0.15) is 6.61 Å². The summed E-state index contributed by atoms with van der Waals surface area (Å²) < 4.78 is 41.8. The predicted molar refractivity (Wildman–Crippen MR) is 185 cm³/mol. The normalized spacial score (nSPS) is 35.2. The summed E-state index contributed by atoms with van der Waals surface area (Å²) in [6.07, 6.45) is 6.62. The molecule has 1 aromatic rings. The summed E-state index contributed by atoms with van der Waals surface area (Å²) in [5.41, 5.74) is 7.88. The number of para-hydroxylation sites is 1. The number of methoxy groups -OCH3 is 1. The number of sulfonamides is 1. The van der Waals surface area contributed by atoms with Crippen LogP contribution in [0.15, 0.2) is 46.9 Å². The smallest absolute Gasteiger partial charge is 0.407 e. The zero-order valence-corrected chi connectivity index (χ0v) is 30.1. The number of nitro benzene ring substituents is 1. The first kappa shape index (κ1) is 37.6. The number of rotatable bonds is 12. The molecule has 11 atom stereocenters. The molecule has 15 heteroatoms. The molecule has 2 N–H and O–H groups in total. The molecule has 1 amide bonds. The zero-order chi connectivity index (χ0) is 36.4. The molecule has 14 nitrogen and oxygen atoms in total. The van der Waals surface area contributed by atoms with Crippen LogP contribution >= 0.6 is 0 Å². The Balaban J connectivity index is 1.60. The number of azide groups is 1. The first-order valence-corrected chi connectivity index (χ1v) is 19.1. The molecule has 4 saturated carbocycles. The molecule has 0 unspecified atom stereocenters. The van der Waals surface area contributed by atoms with Gasteiger partial charge in [0.2, 0.25) is 10.0 Å². The number of esters is 1. The highest BCUT2D eigenvalue weighted by atomic mass is 32.2. The van der Waals surface area contributed by atoms with E-state index in [0.717, 1.165) is 19.3 Å². The average molecular weight is 715 g/mol. The Morgan fingerprint density at radius 2 is 1.94 bits per heavy atom. The number of hydrogen-bond donors (Lipinski definition) is 2. The third-order valence-corrected chi connectivity index (χ3v) is 14.6. The van der Waals surface area contributed by atoms with Gasteiger partial charge in [0.15, 0.2) is 4.90 Å². The maximum Gasteiger partial charge on any atom is 0.407 e. The lowest BCUT2D eigenvalue weighted by Crippen LogP contribution is -2.67. The quantitative estimate of drug-likeness (QED) is 0.0454. The minimum atomic E-state index is -4.36. The molecule has 274 valence electrons. The van der Waals surface area contributed by atoms with Crippen LogP contribution in [-0.2, 0) is 24.3 Å². The van der Waals surface area contributed by atoms with Crippen molar-refractivity contribution in [1.29, 1.82) is 0 Å². The van der Waals surface area contributed by atoms with Gasteiger partial charge in [0, 0.05) is 35.5 Å². The van der Waals surface area contributed by atoms with E-state index >= 15 is 0 Å². The van der Waals surface area contributed by atoms with Gasteiger partial charge in [-0.3, -0.25) is 14.9 Å². The Bertz CT molecular complexity index is 1630. The number of hydrogen-bond acceptors (Lipinski definition) is 9. The SMILES string of the molecule is C=CCOC(=O)N[C@@H]1C[C@@H]2C[C@H](N=[N+]=[N-])CC[C@]2(C)[C@H]2C[C@H](NS(=O)(=O)c3ccccc3[N+](=O)[O-])[C@]3(C)[C@@H]([C@H](C)CCC(=O)OC)CC[C@H]3[C@H]12. The molecule has 4 fully saturated rings. The van der Waals surface area contributed by atoms with Gasteiger partial charge in [-0.15, -0.1) is 0 Å². The van der Waals surface area contributed by atoms with Crippen molar-refractivity contribution < 1.29 is 32.4 Å². The molecular formula is C35H50N6O8S. The fourth-order valence-corrected chi connectivity index (χ4v) is 12.3. The highest BCUT2D eigenvalue weighted by Gasteiger charge is 2.66. The van der Waals surface area contributed by atoms with Crippen molar-refractivity contribution in [1.82, 2.24) is 10.0 Å². The molecule has 4 aliphatic rings. The Morgan fingerprint density at radius 3 is 2.62 bits per heavy atom. The van der Waals surface area contributed by atoms with E-state index in [1.165, 1.54) is 37.5 Å². The van der Waals surface area contributed by atoms with Crippen molar-refractivity contribution in [3.63, 3.8) is 0 Å². The number of fused-ring (bicyclic) bond motifs is 5. The van der Waals surface area contributed by atoms with E-state index < -0.39 is 38.2 Å². The number of nitro groups is 1. The molecule has 0 saturated heterocycles. The third-order valence-electron chi connectivity index (χ3n) is 13.1. The lowest BCUT2D eigenvalue weighted by molar-refractivity contribution is -0.387. The van der Waals surface area contributed by atoms with Gasteiger partial charge in [0.05, 0.1) is 12.0 Å². The maximum absolute atomic E-state index is 14.2. The second-order valence-electron chi connectivity index (χ2n) is 15.3. The lowest BCUT2D eigenvalue weighted by atomic mass is 9.42. The van der Waals surface area contributed by atoms with E-state index in [4.69, 9.17) is 9.47 Å². The van der Waals surface area contributed by atoms with Crippen LogP contribution in [0, 0.1) is 56.5 Å². The van der Waals surface area contributed by atoms with Crippen molar-refractivity contribution in [3.8, 4) is 0 Å². The summed E-state index contributed by atoms with van der Waals surface area (Å²) in [6, 6.07) is 4.34. The van der Waals surface area contributed by atoms with Crippen molar-refractivity contribution in [2.24, 2.45) is 51.5 Å². The molecule has 0 aromatic heterocycles. The number of ether oxygens (including phenoxy) is 2. The van der Waals surface area contributed by atoms with E-state index in [1.807, 2.05) is 0 Å². The maximum atomic E-state index is 14.2. The minimum Gasteiger partial charge on any atom is -0.469 e. The standard InChI is InChI=1S/C35H50N6O8S/c1-6-17-49-33(43)37-27-19-22-18-23(38-40-36)15-16-34(22,3)26-20-30(39-50(46,47)29-10-8-7-9-28(29)41(44)45)35(4)24(12-13-25(35)32(26)27)21(2)11-14-31(42)48-5/h6-10,21-27,30,32,39H,1,11-20H2,2-5H3,(H,37,43)/t21-,22+,23-,24-,25+,26+,27-,30+,32+,34+,35-/m1/s1. The predicted octanol–water partition coefficient (Wildman–Crippen LogP) is 6.67. The second kappa shape index (κ2) is 14.9. The number of amides is 1. The first-order chi connectivity index (χ1) is 23.7. The highest BCUT2D eigenvalue weighted by Crippen LogP contribution is 2.68. The summed E-state index contributed by atoms with van der Waals surface area (Å²) in [5.74, 6) is -0.242. The molecule has 0 spiro atoms. The van der Waals surface area contributed by atoms with Crippen LogP contribution in [-0.4, -0.2) is 57.2 Å². The molecule has 0 radical (unpaired) electrons. The average Bonchev–Trinajstić information content (AvgIpc) is 3.45. The number of alkyl carbamates (subject to hydrolysis) is 1. The van der Waals surface area contributed by atoms with E-state index in [9.17, 15) is 33.7 Å². The molecule has 50 heavy (non-hydrogen) atoms. The number of benzene rings is 1. The molecule has 0 heterocycles. The van der Waals surface area contributed by atoms with Crippen LogP contribution in [0.1, 0.15) is 78.6 Å². The third kappa shape index (κ3) is 6.96. The van der Waals surface area contributed by atoms with Gasteiger partial charge in [-0.2, -0.15) is 0 Å². The molecule has 4 aliphatic carbocycles. The van der Waals surface area contributed by atoms with Crippen LogP contribution in [0.5, 0.6) is 0 Å². The van der Waals surface area contributed by atoms with Gasteiger partial charge in [-0.05, 0) is 109 Å². The second-order valence-corrected chi connectivity index (χ2v) is 17.0. The Hall–Kier alpha value is -3.68. The van der Waals surface area contributed by atoms with Crippen molar-refractivity contribution in [2.45, 2.75) is 102 Å². The largest absolute Gasteiger partial charge is 0.469 e. The summed E-state index contributed by atoms with van der Waals surface area (Å²) in [5, 5.41) is 19.2. The van der Waals surface area contributed by atoms with Gasteiger partial charge in [-0.25, -0.2) is 17.9 Å². The van der Waals surface area contributed by atoms with Crippen LogP contribution in [0.3, 0.4) is 0 Å². The van der Waals surface area contributed by atoms with Gasteiger partial charge < -0.3 is 14.8 Å². The van der Waals surface area contributed by atoms with E-state index in [2.05, 4.69) is 47.4 Å². The Kier molecular flexibility index (Phi) is 11.2. The number of nitrogens with zero attached hydrogens (tertiary/aromatic N) is 4. The van der Waals surface area contributed by atoms with Crippen molar-refractivity contribution in [3.05, 3.63) is 57.5 Å². The van der Waals surface area contributed by atoms with Crippen LogP contribution in [0.25, 0.3) is 10.4 Å².